The van der Waals surface area contributed by atoms with E-state index in [0.29, 0.717) is 12.5 Å². The summed E-state index contributed by atoms with van der Waals surface area (Å²) in [5.41, 5.74) is 0.740. The van der Waals surface area contributed by atoms with Gasteiger partial charge in [-0.05, 0) is 30.9 Å². The molecule has 0 saturated carbocycles. The number of likely N-dealkylation sites (tertiary alicyclic amines) is 1. The highest BCUT2D eigenvalue weighted by molar-refractivity contribution is 5.94. The lowest BCUT2D eigenvalue weighted by molar-refractivity contribution is -0.124. The summed E-state index contributed by atoms with van der Waals surface area (Å²) in [6.07, 6.45) is 2.07. The molecular formula is C17H24N2O2. The van der Waals surface area contributed by atoms with Crippen LogP contribution in [0.5, 0.6) is 0 Å². The first-order valence-electron chi connectivity index (χ1n) is 7.70. The molecule has 114 valence electrons. The number of benzene rings is 1. The van der Waals surface area contributed by atoms with Crippen molar-refractivity contribution in [2.75, 3.05) is 19.6 Å². The average molecular weight is 288 g/mol. The minimum atomic E-state index is 0.00986. The number of nitrogens with one attached hydrogen (secondary N) is 1. The normalized spacial score (nSPS) is 18.6. The Balaban J connectivity index is 1.89. The summed E-state index contributed by atoms with van der Waals surface area (Å²) in [7, 11) is 0. The molecule has 1 aromatic carbocycles. The summed E-state index contributed by atoms with van der Waals surface area (Å²) in [6, 6.07) is 9.39. The maximum absolute atomic E-state index is 12.4. The molecule has 0 radical (unpaired) electrons. The quantitative estimate of drug-likeness (QED) is 0.924. The van der Waals surface area contributed by atoms with Gasteiger partial charge in [0.05, 0.1) is 0 Å². The number of carbonyl (C=O) groups is 2. The van der Waals surface area contributed by atoms with Gasteiger partial charge in [0.1, 0.15) is 0 Å². The van der Waals surface area contributed by atoms with E-state index in [0.717, 1.165) is 31.5 Å². The Morgan fingerprint density at radius 1 is 1.29 bits per heavy atom. The molecule has 21 heavy (non-hydrogen) atoms. The maximum atomic E-state index is 12.4. The molecular weight excluding hydrogens is 264 g/mol. The number of hydrogen-bond donors (Lipinski definition) is 1. The van der Waals surface area contributed by atoms with Crippen LogP contribution in [0.1, 0.15) is 37.0 Å². The van der Waals surface area contributed by atoms with Crippen LogP contribution in [0.2, 0.25) is 0 Å². The van der Waals surface area contributed by atoms with E-state index in [2.05, 4.69) is 5.32 Å². The minimum absolute atomic E-state index is 0.00986. The molecule has 1 heterocycles. The second kappa shape index (κ2) is 7.25. The molecule has 1 N–H and O–H groups in total. The zero-order valence-corrected chi connectivity index (χ0v) is 12.8. The van der Waals surface area contributed by atoms with Crippen molar-refractivity contribution in [3.8, 4) is 0 Å². The summed E-state index contributed by atoms with van der Waals surface area (Å²) >= 11 is 0. The summed E-state index contributed by atoms with van der Waals surface area (Å²) in [5, 5.41) is 2.97. The van der Waals surface area contributed by atoms with Crippen LogP contribution < -0.4 is 5.32 Å². The van der Waals surface area contributed by atoms with Gasteiger partial charge in [0.15, 0.2) is 0 Å². The highest BCUT2D eigenvalue weighted by Gasteiger charge is 2.24. The number of carbonyl (C=O) groups excluding carboxylic acids is 2. The maximum Gasteiger partial charge on any atom is 0.253 e. The summed E-state index contributed by atoms with van der Waals surface area (Å²) in [5.74, 6) is 0.543. The lowest BCUT2D eigenvalue weighted by Crippen LogP contribution is -2.44. The third-order valence-electron chi connectivity index (χ3n) is 3.92. The predicted octanol–water partition coefficient (Wildman–Crippen LogP) is 2.31. The van der Waals surface area contributed by atoms with Crippen molar-refractivity contribution in [3.63, 3.8) is 0 Å². The average Bonchev–Trinajstić information content (AvgIpc) is 2.53. The molecule has 0 unspecified atom stereocenters. The van der Waals surface area contributed by atoms with Gasteiger partial charge in [-0.25, -0.2) is 0 Å². The number of amides is 2. The molecule has 1 atom stereocenters. The van der Waals surface area contributed by atoms with Crippen molar-refractivity contribution < 1.29 is 9.59 Å². The molecule has 1 aliphatic rings. The van der Waals surface area contributed by atoms with E-state index in [-0.39, 0.29) is 17.7 Å². The lowest BCUT2D eigenvalue weighted by Gasteiger charge is -2.33. The van der Waals surface area contributed by atoms with Gasteiger partial charge in [0, 0.05) is 31.1 Å². The molecule has 2 amide bonds. The summed E-state index contributed by atoms with van der Waals surface area (Å²) < 4.78 is 0. The van der Waals surface area contributed by atoms with Crippen molar-refractivity contribution >= 4 is 11.8 Å². The van der Waals surface area contributed by atoms with Crippen LogP contribution in [0.3, 0.4) is 0 Å². The van der Waals surface area contributed by atoms with Crippen LogP contribution in [-0.2, 0) is 4.79 Å². The summed E-state index contributed by atoms with van der Waals surface area (Å²) in [4.78, 5) is 26.0. The number of nitrogens with zero attached hydrogens (tertiary/aromatic N) is 1. The molecule has 0 aliphatic carbocycles. The van der Waals surface area contributed by atoms with Crippen LogP contribution in [0, 0.1) is 11.8 Å². The molecule has 1 fully saturated rings. The van der Waals surface area contributed by atoms with E-state index < -0.39 is 0 Å². The molecule has 4 nitrogen and oxygen atoms in total. The van der Waals surface area contributed by atoms with E-state index in [1.807, 2.05) is 49.1 Å². The van der Waals surface area contributed by atoms with Gasteiger partial charge in [-0.1, -0.05) is 32.0 Å². The third-order valence-corrected chi connectivity index (χ3v) is 3.92. The largest absolute Gasteiger partial charge is 0.356 e. The fourth-order valence-corrected chi connectivity index (χ4v) is 2.63. The van der Waals surface area contributed by atoms with Gasteiger partial charge >= 0.3 is 0 Å². The van der Waals surface area contributed by atoms with Crippen LogP contribution >= 0.6 is 0 Å². The molecule has 0 aromatic heterocycles. The summed E-state index contributed by atoms with van der Waals surface area (Å²) in [6.45, 7) is 5.98. The van der Waals surface area contributed by atoms with Crippen LogP contribution in [0.25, 0.3) is 0 Å². The third kappa shape index (κ3) is 4.31. The standard InChI is InChI=1S/C17H24N2O2/c1-13(2)16(20)18-11-14-7-6-10-19(12-14)17(21)15-8-4-3-5-9-15/h3-5,8-9,13-14H,6-7,10-12H2,1-2H3,(H,18,20)/t14-/m0/s1. The van der Waals surface area contributed by atoms with Gasteiger partial charge in [0.25, 0.3) is 5.91 Å². The fourth-order valence-electron chi connectivity index (χ4n) is 2.63. The van der Waals surface area contributed by atoms with Crippen LogP contribution in [-0.4, -0.2) is 36.3 Å². The van der Waals surface area contributed by atoms with Crippen molar-refractivity contribution in [1.29, 1.82) is 0 Å². The highest BCUT2D eigenvalue weighted by Crippen LogP contribution is 2.18. The van der Waals surface area contributed by atoms with Crippen LogP contribution in [0.4, 0.5) is 0 Å². The van der Waals surface area contributed by atoms with Crippen molar-refractivity contribution in [2.45, 2.75) is 26.7 Å². The van der Waals surface area contributed by atoms with Gasteiger partial charge < -0.3 is 10.2 Å². The Morgan fingerprint density at radius 3 is 2.67 bits per heavy atom. The lowest BCUT2D eigenvalue weighted by atomic mass is 9.97. The van der Waals surface area contributed by atoms with Gasteiger partial charge in [-0.2, -0.15) is 0 Å². The fraction of sp³-hybridized carbons (Fsp3) is 0.529. The van der Waals surface area contributed by atoms with E-state index in [4.69, 9.17) is 0 Å². The zero-order valence-electron chi connectivity index (χ0n) is 12.8. The number of rotatable bonds is 4. The molecule has 0 spiro atoms. The molecule has 4 heteroatoms. The minimum Gasteiger partial charge on any atom is -0.356 e. The zero-order chi connectivity index (χ0) is 15.2. The van der Waals surface area contributed by atoms with Crippen molar-refractivity contribution in [2.24, 2.45) is 11.8 Å². The first-order chi connectivity index (χ1) is 10.1. The monoisotopic (exact) mass is 288 g/mol. The second-order valence-corrected chi connectivity index (χ2v) is 6.03. The first kappa shape index (κ1) is 15.5. The van der Waals surface area contributed by atoms with E-state index in [1.54, 1.807) is 0 Å². The topological polar surface area (TPSA) is 49.4 Å². The van der Waals surface area contributed by atoms with Gasteiger partial charge in [-0.15, -0.1) is 0 Å². The molecule has 0 bridgehead atoms. The molecule has 1 saturated heterocycles. The Kier molecular flexibility index (Phi) is 5.37. The van der Waals surface area contributed by atoms with E-state index in [9.17, 15) is 9.59 Å². The van der Waals surface area contributed by atoms with Gasteiger partial charge in [0.2, 0.25) is 5.91 Å². The predicted molar refractivity (Wildman–Crippen MR) is 82.9 cm³/mol. The second-order valence-electron chi connectivity index (χ2n) is 6.03. The highest BCUT2D eigenvalue weighted by atomic mass is 16.2. The van der Waals surface area contributed by atoms with Crippen molar-refractivity contribution in [3.05, 3.63) is 35.9 Å². The number of hydrogen-bond acceptors (Lipinski definition) is 2. The molecule has 1 aromatic rings. The Bertz CT molecular complexity index is 485. The Hall–Kier alpha value is -1.84. The molecule has 2 rings (SSSR count). The van der Waals surface area contributed by atoms with Crippen molar-refractivity contribution in [1.82, 2.24) is 10.2 Å². The van der Waals surface area contributed by atoms with E-state index in [1.165, 1.54) is 0 Å². The smallest absolute Gasteiger partial charge is 0.253 e. The van der Waals surface area contributed by atoms with Gasteiger partial charge in [-0.3, -0.25) is 9.59 Å². The first-order valence-corrected chi connectivity index (χ1v) is 7.70. The van der Waals surface area contributed by atoms with E-state index >= 15 is 0 Å². The Labute approximate surface area is 126 Å². The Morgan fingerprint density at radius 2 is 2.00 bits per heavy atom. The molecule has 1 aliphatic heterocycles. The number of piperidine rings is 1. The SMILES string of the molecule is CC(C)C(=O)NC[C@@H]1CCCN(C(=O)c2ccccc2)C1. The van der Waals surface area contributed by atoms with Crippen LogP contribution in [0.15, 0.2) is 30.3 Å².